The summed E-state index contributed by atoms with van der Waals surface area (Å²) in [6, 6.07) is 2.02. The lowest BCUT2D eigenvalue weighted by Gasteiger charge is -2.36. The Morgan fingerprint density at radius 2 is 1.85 bits per heavy atom. The van der Waals surface area contributed by atoms with Crippen molar-refractivity contribution in [3.05, 3.63) is 31.9 Å². The normalized spacial score (nSPS) is 18.1. The van der Waals surface area contributed by atoms with E-state index in [0.29, 0.717) is 52.0 Å². The molecule has 0 radical (unpaired) electrons. The highest BCUT2D eigenvalue weighted by atomic mass is 32.2. The van der Waals surface area contributed by atoms with Crippen molar-refractivity contribution in [1.29, 1.82) is 5.26 Å². The van der Waals surface area contributed by atoms with E-state index in [-0.39, 0.29) is 23.5 Å². The standard InChI is InChI=1S/C23H29N5O4S2/c1-15-16(13-18-22(32)28(23(33)34-18)8-6-4-5-7-19(29)30)20(26(3)21(31)17(15)14-24)27-11-9-25(2)10-12-27/h13H,4-12H2,1-3H3,(H,29,30)/b18-13-. The van der Waals surface area contributed by atoms with Crippen LogP contribution in [-0.4, -0.2) is 75.4 Å². The number of aliphatic carboxylic acids is 1. The fourth-order valence-electron chi connectivity index (χ4n) is 4.16. The van der Waals surface area contributed by atoms with Crippen LogP contribution in [0.15, 0.2) is 9.70 Å². The van der Waals surface area contributed by atoms with Gasteiger partial charge in [-0.25, -0.2) is 0 Å². The first-order valence-electron chi connectivity index (χ1n) is 11.2. The second-order valence-electron chi connectivity index (χ2n) is 8.54. The van der Waals surface area contributed by atoms with E-state index in [2.05, 4.69) is 9.80 Å². The zero-order valence-electron chi connectivity index (χ0n) is 19.7. The van der Waals surface area contributed by atoms with Gasteiger partial charge < -0.3 is 14.9 Å². The Labute approximate surface area is 208 Å². The van der Waals surface area contributed by atoms with E-state index in [0.717, 1.165) is 26.2 Å². The number of aromatic nitrogens is 1. The summed E-state index contributed by atoms with van der Waals surface area (Å²) in [6.45, 7) is 5.32. The van der Waals surface area contributed by atoms with Gasteiger partial charge in [0.15, 0.2) is 0 Å². The van der Waals surface area contributed by atoms with Gasteiger partial charge in [-0.2, -0.15) is 5.26 Å². The fraction of sp³-hybridized carbons (Fsp3) is 0.522. The predicted octanol–water partition coefficient (Wildman–Crippen LogP) is 2.16. The molecule has 1 amide bonds. The van der Waals surface area contributed by atoms with E-state index in [1.165, 1.54) is 16.3 Å². The van der Waals surface area contributed by atoms with Crippen molar-refractivity contribution in [3.8, 4) is 6.07 Å². The van der Waals surface area contributed by atoms with Crippen LogP contribution in [0.2, 0.25) is 0 Å². The van der Waals surface area contributed by atoms with Crippen LogP contribution in [0.5, 0.6) is 0 Å². The lowest BCUT2D eigenvalue weighted by molar-refractivity contribution is -0.137. The Kier molecular flexibility index (Phi) is 8.52. The molecule has 3 rings (SSSR count). The summed E-state index contributed by atoms with van der Waals surface area (Å²) in [4.78, 5) is 43.0. The molecule has 11 heteroatoms. The number of thiocarbonyl (C=S) groups is 1. The minimum absolute atomic E-state index is 0.0699. The maximum absolute atomic E-state index is 13.1. The molecule has 9 nitrogen and oxygen atoms in total. The molecule has 2 aliphatic rings. The van der Waals surface area contributed by atoms with E-state index in [1.807, 2.05) is 13.1 Å². The van der Waals surface area contributed by atoms with Gasteiger partial charge in [-0.3, -0.25) is 23.9 Å². The molecule has 0 spiro atoms. The average Bonchev–Trinajstić information content (AvgIpc) is 3.05. The predicted molar refractivity (Wildman–Crippen MR) is 137 cm³/mol. The molecule has 0 aliphatic carbocycles. The minimum atomic E-state index is -0.825. The summed E-state index contributed by atoms with van der Waals surface area (Å²) in [6.07, 6.45) is 3.79. The van der Waals surface area contributed by atoms with E-state index < -0.39 is 5.97 Å². The Hall–Kier alpha value is -2.68. The van der Waals surface area contributed by atoms with E-state index >= 15 is 0 Å². The van der Waals surface area contributed by atoms with Crippen LogP contribution in [0.25, 0.3) is 6.08 Å². The number of unbranched alkanes of at least 4 members (excludes halogenated alkanes) is 2. The molecule has 34 heavy (non-hydrogen) atoms. The molecule has 0 aromatic carbocycles. The monoisotopic (exact) mass is 503 g/mol. The van der Waals surface area contributed by atoms with Crippen molar-refractivity contribution < 1.29 is 14.7 Å². The molecule has 1 aromatic rings. The first kappa shape index (κ1) is 25.9. The molecule has 2 aliphatic heterocycles. The highest BCUT2D eigenvalue weighted by Gasteiger charge is 2.33. The second kappa shape index (κ2) is 11.2. The molecule has 2 saturated heterocycles. The summed E-state index contributed by atoms with van der Waals surface area (Å²) in [5, 5.41) is 18.4. The molecule has 3 heterocycles. The van der Waals surface area contributed by atoms with Gasteiger partial charge >= 0.3 is 5.97 Å². The number of nitriles is 1. The van der Waals surface area contributed by atoms with Crippen LogP contribution in [0.1, 0.15) is 42.4 Å². The van der Waals surface area contributed by atoms with Crippen LogP contribution in [0, 0.1) is 18.3 Å². The van der Waals surface area contributed by atoms with Crippen LogP contribution in [-0.2, 0) is 16.6 Å². The SMILES string of the molecule is Cc1c(/C=C2\SC(=S)N(CCCCCC(=O)O)C2=O)c(N2CCN(C)CC2)n(C)c(=O)c1C#N. The molecule has 2 fully saturated rings. The number of carbonyl (C=O) groups excluding carboxylic acids is 1. The molecule has 0 bridgehead atoms. The first-order valence-corrected chi connectivity index (χ1v) is 12.4. The van der Waals surface area contributed by atoms with Gasteiger partial charge in [0.1, 0.15) is 21.8 Å². The van der Waals surface area contributed by atoms with E-state index in [9.17, 15) is 19.6 Å². The third kappa shape index (κ3) is 5.51. The van der Waals surface area contributed by atoms with Crippen molar-refractivity contribution in [3.63, 3.8) is 0 Å². The fourth-order valence-corrected chi connectivity index (χ4v) is 5.45. The van der Waals surface area contributed by atoms with Crippen LogP contribution >= 0.6 is 24.0 Å². The third-order valence-corrected chi connectivity index (χ3v) is 7.57. The number of nitrogens with zero attached hydrogens (tertiary/aromatic N) is 5. The van der Waals surface area contributed by atoms with Crippen molar-refractivity contribution in [2.75, 3.05) is 44.7 Å². The maximum atomic E-state index is 13.1. The highest BCUT2D eigenvalue weighted by Crippen LogP contribution is 2.36. The van der Waals surface area contributed by atoms with Gasteiger partial charge in [0, 0.05) is 51.8 Å². The van der Waals surface area contributed by atoms with Crippen LogP contribution in [0.4, 0.5) is 5.82 Å². The Morgan fingerprint density at radius 1 is 1.18 bits per heavy atom. The molecule has 1 N–H and O–H groups in total. The summed E-state index contributed by atoms with van der Waals surface area (Å²) < 4.78 is 1.96. The van der Waals surface area contributed by atoms with E-state index in [1.54, 1.807) is 24.9 Å². The zero-order valence-corrected chi connectivity index (χ0v) is 21.3. The number of anilines is 1. The highest BCUT2D eigenvalue weighted by molar-refractivity contribution is 8.26. The van der Waals surface area contributed by atoms with Crippen molar-refractivity contribution in [1.82, 2.24) is 14.4 Å². The average molecular weight is 504 g/mol. The number of thioether (sulfide) groups is 1. The van der Waals surface area contributed by atoms with Crippen molar-refractivity contribution in [2.24, 2.45) is 7.05 Å². The van der Waals surface area contributed by atoms with Gasteiger partial charge in [0.2, 0.25) is 0 Å². The number of pyridine rings is 1. The number of carbonyl (C=O) groups is 2. The van der Waals surface area contributed by atoms with Gasteiger partial charge in [-0.05, 0) is 38.5 Å². The number of piperazine rings is 1. The Bertz CT molecular complexity index is 1130. The smallest absolute Gasteiger partial charge is 0.303 e. The lowest BCUT2D eigenvalue weighted by Crippen LogP contribution is -2.46. The Morgan fingerprint density at radius 3 is 2.47 bits per heavy atom. The summed E-state index contributed by atoms with van der Waals surface area (Å²) >= 11 is 6.65. The van der Waals surface area contributed by atoms with Gasteiger partial charge in [0.25, 0.3) is 11.5 Å². The minimum Gasteiger partial charge on any atom is -0.481 e. The Balaban J connectivity index is 1.92. The molecular weight excluding hydrogens is 474 g/mol. The van der Waals surface area contributed by atoms with Crippen LogP contribution < -0.4 is 10.5 Å². The van der Waals surface area contributed by atoms with E-state index in [4.69, 9.17) is 17.3 Å². The number of hydrogen-bond donors (Lipinski definition) is 1. The topological polar surface area (TPSA) is 110 Å². The quantitative estimate of drug-likeness (QED) is 0.324. The van der Waals surface area contributed by atoms with Crippen molar-refractivity contribution >= 4 is 52.1 Å². The summed E-state index contributed by atoms with van der Waals surface area (Å²) in [5.41, 5.74) is 0.962. The number of carboxylic acid groups (broad SMARTS) is 1. The van der Waals surface area contributed by atoms with Crippen LogP contribution in [0.3, 0.4) is 0 Å². The largest absolute Gasteiger partial charge is 0.481 e. The third-order valence-electron chi connectivity index (χ3n) is 6.19. The number of amides is 1. The summed E-state index contributed by atoms with van der Waals surface area (Å²) in [7, 11) is 3.71. The second-order valence-corrected chi connectivity index (χ2v) is 10.2. The molecule has 0 atom stereocenters. The lowest BCUT2D eigenvalue weighted by atomic mass is 10.0. The van der Waals surface area contributed by atoms with Gasteiger partial charge in [-0.15, -0.1) is 0 Å². The molecule has 0 saturated carbocycles. The van der Waals surface area contributed by atoms with Gasteiger partial charge in [-0.1, -0.05) is 30.4 Å². The number of likely N-dealkylation sites (N-methyl/N-ethyl adjacent to an activating group) is 1. The zero-order chi connectivity index (χ0) is 25.0. The molecule has 0 unspecified atom stereocenters. The summed E-state index contributed by atoms with van der Waals surface area (Å²) in [5.74, 6) is -0.327. The number of rotatable bonds is 8. The molecule has 182 valence electrons. The first-order chi connectivity index (χ1) is 16.1. The molecule has 1 aromatic heterocycles. The maximum Gasteiger partial charge on any atom is 0.303 e. The van der Waals surface area contributed by atoms with Crippen molar-refractivity contribution in [2.45, 2.75) is 32.6 Å². The number of carboxylic acids is 1. The molecular formula is C23H29N5O4S2. The number of hydrogen-bond acceptors (Lipinski definition) is 8. The van der Waals surface area contributed by atoms with Gasteiger partial charge in [0.05, 0.1) is 4.91 Å².